The van der Waals surface area contributed by atoms with Gasteiger partial charge < -0.3 is 14.2 Å². The van der Waals surface area contributed by atoms with Gasteiger partial charge in [-0.15, -0.1) is 0 Å². The van der Waals surface area contributed by atoms with Crippen molar-refractivity contribution >= 4 is 17.1 Å². The summed E-state index contributed by atoms with van der Waals surface area (Å²) in [4.78, 5) is 36.0. The number of aromatic nitrogens is 6. The van der Waals surface area contributed by atoms with Crippen LogP contribution in [0.15, 0.2) is 18.7 Å². The normalized spacial score (nSPS) is 16.5. The average molecular weight is 395 g/mol. The van der Waals surface area contributed by atoms with Crippen molar-refractivity contribution in [1.82, 2.24) is 34.4 Å². The van der Waals surface area contributed by atoms with E-state index in [2.05, 4.69) is 31.4 Å². The Balaban J connectivity index is 1.68. The number of amides is 1. The fraction of sp³-hybridized carbons (Fsp3) is 0.500. The Labute approximate surface area is 169 Å². The molecule has 0 radical (unpaired) electrons. The van der Waals surface area contributed by atoms with Gasteiger partial charge in [0.2, 0.25) is 11.8 Å². The molecule has 3 aromatic heterocycles. The third kappa shape index (κ3) is 3.76. The summed E-state index contributed by atoms with van der Waals surface area (Å²) in [5.74, 6) is 2.07. The number of carbonyl (C=O) groups excluding carboxylic acids is 1. The zero-order valence-corrected chi connectivity index (χ0v) is 17.0. The fourth-order valence-electron chi connectivity index (χ4n) is 3.60. The fourth-order valence-corrected chi connectivity index (χ4v) is 3.60. The van der Waals surface area contributed by atoms with E-state index in [-0.39, 0.29) is 12.0 Å². The van der Waals surface area contributed by atoms with Gasteiger partial charge in [0.05, 0.1) is 12.1 Å². The molecule has 1 aliphatic heterocycles. The maximum atomic E-state index is 11.9. The summed E-state index contributed by atoms with van der Waals surface area (Å²) in [5, 5.41) is 0. The molecular formula is C20H25N7O2. The second kappa shape index (κ2) is 8.10. The van der Waals surface area contributed by atoms with Gasteiger partial charge in [-0.2, -0.15) is 4.98 Å². The molecule has 9 heteroatoms. The van der Waals surface area contributed by atoms with E-state index in [1.165, 1.54) is 6.33 Å². The van der Waals surface area contributed by atoms with Crippen LogP contribution >= 0.6 is 0 Å². The highest BCUT2D eigenvalue weighted by molar-refractivity contribution is 5.81. The minimum absolute atomic E-state index is 0.0916. The zero-order chi connectivity index (χ0) is 20.4. The standard InChI is InChI=1S/C20H25N7O2/c1-4-7-27-18(14-9-21-13(3)22-10-14)25-17-19(27)23-12-24-20(17)29-15-6-8-26(11-15)16(28)5-2/h9-10,12,15H,4-8,11H2,1-3H3. The van der Waals surface area contributed by atoms with Gasteiger partial charge in [0.15, 0.2) is 11.2 Å². The smallest absolute Gasteiger partial charge is 0.245 e. The van der Waals surface area contributed by atoms with E-state index in [1.54, 1.807) is 12.4 Å². The van der Waals surface area contributed by atoms with Gasteiger partial charge in [0.25, 0.3) is 0 Å². The number of nitrogens with zero attached hydrogens (tertiary/aromatic N) is 7. The molecule has 4 heterocycles. The number of carbonyl (C=O) groups is 1. The van der Waals surface area contributed by atoms with E-state index in [9.17, 15) is 4.79 Å². The van der Waals surface area contributed by atoms with E-state index in [0.717, 1.165) is 36.4 Å². The van der Waals surface area contributed by atoms with Gasteiger partial charge in [0, 0.05) is 38.3 Å². The predicted molar refractivity (Wildman–Crippen MR) is 107 cm³/mol. The summed E-state index contributed by atoms with van der Waals surface area (Å²) in [7, 11) is 0. The Morgan fingerprint density at radius 1 is 1.21 bits per heavy atom. The highest BCUT2D eigenvalue weighted by atomic mass is 16.5. The Morgan fingerprint density at radius 3 is 2.72 bits per heavy atom. The van der Waals surface area contributed by atoms with E-state index in [0.29, 0.717) is 36.7 Å². The van der Waals surface area contributed by atoms with Gasteiger partial charge in [-0.1, -0.05) is 13.8 Å². The van der Waals surface area contributed by atoms with Crippen molar-refractivity contribution < 1.29 is 9.53 Å². The van der Waals surface area contributed by atoms with Crippen molar-refractivity contribution in [3.8, 4) is 17.3 Å². The minimum Gasteiger partial charge on any atom is -0.471 e. The second-order valence-electron chi connectivity index (χ2n) is 7.18. The number of ether oxygens (including phenoxy) is 1. The zero-order valence-electron chi connectivity index (χ0n) is 17.0. The topological polar surface area (TPSA) is 98.9 Å². The highest BCUT2D eigenvalue weighted by Crippen LogP contribution is 2.29. The summed E-state index contributed by atoms with van der Waals surface area (Å²) in [6, 6.07) is 0. The summed E-state index contributed by atoms with van der Waals surface area (Å²) in [6.45, 7) is 7.88. The van der Waals surface area contributed by atoms with Crippen molar-refractivity contribution in [1.29, 1.82) is 0 Å². The van der Waals surface area contributed by atoms with Gasteiger partial charge in [-0.05, 0) is 13.3 Å². The molecule has 1 saturated heterocycles. The predicted octanol–water partition coefficient (Wildman–Crippen LogP) is 2.39. The monoisotopic (exact) mass is 395 g/mol. The van der Waals surface area contributed by atoms with Gasteiger partial charge in [-0.3, -0.25) is 4.79 Å². The maximum absolute atomic E-state index is 11.9. The lowest BCUT2D eigenvalue weighted by molar-refractivity contribution is -0.130. The molecule has 0 bridgehead atoms. The minimum atomic E-state index is -0.0916. The van der Waals surface area contributed by atoms with E-state index in [4.69, 9.17) is 9.72 Å². The average Bonchev–Trinajstić information content (AvgIpc) is 3.34. The van der Waals surface area contributed by atoms with Crippen LogP contribution in [0.1, 0.15) is 38.9 Å². The molecule has 1 fully saturated rings. The summed E-state index contributed by atoms with van der Waals surface area (Å²) >= 11 is 0. The number of hydrogen-bond acceptors (Lipinski definition) is 7. The van der Waals surface area contributed by atoms with Crippen molar-refractivity contribution in [3.05, 3.63) is 24.5 Å². The molecule has 0 N–H and O–H groups in total. The quantitative estimate of drug-likeness (QED) is 0.632. The Morgan fingerprint density at radius 2 is 2.00 bits per heavy atom. The first-order chi connectivity index (χ1) is 14.1. The first kappa shape index (κ1) is 19.2. The lowest BCUT2D eigenvalue weighted by Crippen LogP contribution is -2.30. The molecule has 0 aromatic carbocycles. The van der Waals surface area contributed by atoms with Gasteiger partial charge in [-0.25, -0.2) is 19.9 Å². The molecule has 1 atom stereocenters. The number of rotatable bonds is 6. The first-order valence-corrected chi connectivity index (χ1v) is 10.0. The maximum Gasteiger partial charge on any atom is 0.245 e. The molecule has 0 aliphatic carbocycles. The molecule has 1 unspecified atom stereocenters. The Bertz CT molecular complexity index is 1020. The lowest BCUT2D eigenvalue weighted by Gasteiger charge is -2.16. The van der Waals surface area contributed by atoms with Crippen LogP contribution in [0.4, 0.5) is 0 Å². The summed E-state index contributed by atoms with van der Waals surface area (Å²) < 4.78 is 8.22. The summed E-state index contributed by atoms with van der Waals surface area (Å²) in [5.41, 5.74) is 2.18. The SMILES string of the molecule is CCCn1c(-c2cnc(C)nc2)nc2c(OC3CCN(C(=O)CC)C3)ncnc21. The third-order valence-corrected chi connectivity index (χ3v) is 5.06. The molecule has 3 aromatic rings. The Kier molecular flexibility index (Phi) is 5.37. The van der Waals surface area contributed by atoms with Crippen molar-refractivity contribution in [2.45, 2.75) is 52.7 Å². The molecule has 4 rings (SSSR count). The molecular weight excluding hydrogens is 370 g/mol. The van der Waals surface area contributed by atoms with Crippen molar-refractivity contribution in [3.63, 3.8) is 0 Å². The molecule has 0 saturated carbocycles. The van der Waals surface area contributed by atoms with Gasteiger partial charge >= 0.3 is 0 Å². The number of hydrogen-bond donors (Lipinski definition) is 0. The van der Waals surface area contributed by atoms with Crippen molar-refractivity contribution in [2.24, 2.45) is 0 Å². The number of likely N-dealkylation sites (tertiary alicyclic amines) is 1. The van der Waals surface area contributed by atoms with E-state index in [1.807, 2.05) is 18.7 Å². The second-order valence-corrected chi connectivity index (χ2v) is 7.18. The van der Waals surface area contributed by atoms with Crippen LogP contribution in [-0.4, -0.2) is 59.5 Å². The summed E-state index contributed by atoms with van der Waals surface area (Å²) in [6.07, 6.45) is 7.18. The Hall–Kier alpha value is -3.10. The molecule has 1 aliphatic rings. The van der Waals surface area contributed by atoms with Crippen LogP contribution in [0, 0.1) is 6.92 Å². The van der Waals surface area contributed by atoms with Crippen LogP contribution < -0.4 is 4.74 Å². The molecule has 29 heavy (non-hydrogen) atoms. The number of aryl methyl sites for hydroxylation is 2. The van der Waals surface area contributed by atoms with Crippen LogP contribution in [0.25, 0.3) is 22.6 Å². The van der Waals surface area contributed by atoms with Crippen LogP contribution in [0.3, 0.4) is 0 Å². The van der Waals surface area contributed by atoms with Crippen LogP contribution in [0.2, 0.25) is 0 Å². The van der Waals surface area contributed by atoms with Gasteiger partial charge in [0.1, 0.15) is 24.1 Å². The molecule has 9 nitrogen and oxygen atoms in total. The molecule has 152 valence electrons. The van der Waals surface area contributed by atoms with E-state index >= 15 is 0 Å². The number of fused-ring (bicyclic) bond motifs is 1. The van der Waals surface area contributed by atoms with Crippen molar-refractivity contribution in [2.75, 3.05) is 13.1 Å². The lowest BCUT2D eigenvalue weighted by atomic mass is 10.3. The van der Waals surface area contributed by atoms with Crippen LogP contribution in [-0.2, 0) is 11.3 Å². The van der Waals surface area contributed by atoms with Crippen LogP contribution in [0.5, 0.6) is 5.88 Å². The molecule has 1 amide bonds. The molecule has 0 spiro atoms. The highest BCUT2D eigenvalue weighted by Gasteiger charge is 2.28. The first-order valence-electron chi connectivity index (χ1n) is 10.0. The van der Waals surface area contributed by atoms with E-state index < -0.39 is 0 Å². The number of imidazole rings is 1. The largest absolute Gasteiger partial charge is 0.471 e. The third-order valence-electron chi connectivity index (χ3n) is 5.06.